The van der Waals surface area contributed by atoms with Gasteiger partial charge in [0, 0.05) is 18.5 Å². The number of halogens is 1. The minimum Gasteiger partial charge on any atom is -0.407 e. The third-order valence-electron chi connectivity index (χ3n) is 2.20. The Labute approximate surface area is 92.9 Å². The second-order valence-electron chi connectivity index (χ2n) is 3.31. The molecule has 0 unspecified atom stereocenters. The lowest BCUT2D eigenvalue weighted by atomic mass is 9.77. The number of rotatable bonds is 2. The van der Waals surface area contributed by atoms with Gasteiger partial charge < -0.3 is 9.31 Å². The first-order valence-corrected chi connectivity index (χ1v) is 5.90. The quantitative estimate of drug-likeness (QED) is 0.591. The lowest BCUT2D eigenvalue weighted by molar-refractivity contribution is 0.143. The largest absolute Gasteiger partial charge is 0.493 e. The van der Waals surface area contributed by atoms with Crippen LogP contribution in [-0.2, 0) is 14.6 Å². The Balaban J connectivity index is 2.13. The van der Waals surface area contributed by atoms with E-state index in [1.165, 1.54) is 5.56 Å². The molecule has 0 bridgehead atoms. The summed E-state index contributed by atoms with van der Waals surface area (Å²) in [7, 11) is -0.164. The predicted octanol–water partition coefficient (Wildman–Crippen LogP) is 1.71. The van der Waals surface area contributed by atoms with Crippen molar-refractivity contribution in [2.45, 2.75) is 11.8 Å². The number of hydrogen-bond acceptors (Lipinski definition) is 2. The van der Waals surface area contributed by atoms with Crippen molar-refractivity contribution < 1.29 is 9.31 Å². The highest BCUT2D eigenvalue weighted by molar-refractivity contribution is 9.08. The van der Waals surface area contributed by atoms with Crippen LogP contribution in [0.25, 0.3) is 0 Å². The van der Waals surface area contributed by atoms with Gasteiger partial charge in [-0.2, -0.15) is 0 Å². The maximum atomic E-state index is 5.53. The zero-order chi connectivity index (χ0) is 9.80. The van der Waals surface area contributed by atoms with Gasteiger partial charge in [0.05, 0.1) is 0 Å². The molecule has 2 rings (SSSR count). The minimum absolute atomic E-state index is 0.164. The van der Waals surface area contributed by atoms with Crippen LogP contribution in [0.3, 0.4) is 0 Å². The Morgan fingerprint density at radius 1 is 1.29 bits per heavy atom. The molecule has 4 heteroatoms. The van der Waals surface area contributed by atoms with Crippen molar-refractivity contribution in [1.82, 2.24) is 0 Å². The van der Waals surface area contributed by atoms with Crippen molar-refractivity contribution in [3.8, 4) is 0 Å². The van der Waals surface area contributed by atoms with Crippen LogP contribution in [0.5, 0.6) is 0 Å². The fourth-order valence-corrected chi connectivity index (χ4v) is 1.85. The minimum atomic E-state index is -0.164. The first-order chi connectivity index (χ1) is 6.90. The summed E-state index contributed by atoms with van der Waals surface area (Å²) < 4.78 is 11.1. The highest BCUT2D eigenvalue weighted by Gasteiger charge is 2.24. The summed E-state index contributed by atoms with van der Waals surface area (Å²) in [5, 5.41) is 0.869. The zero-order valence-corrected chi connectivity index (χ0v) is 9.50. The molecular weight excluding hydrogens is 243 g/mol. The first-order valence-electron chi connectivity index (χ1n) is 4.78. The first kappa shape index (κ1) is 10.2. The molecule has 1 saturated heterocycles. The van der Waals surface area contributed by atoms with Gasteiger partial charge in [-0.15, -0.1) is 0 Å². The van der Waals surface area contributed by atoms with Gasteiger partial charge in [-0.25, -0.2) is 0 Å². The molecule has 1 heterocycles. The normalized spacial score (nSPS) is 17.1. The molecular formula is C10H12BBrO2. The monoisotopic (exact) mass is 254 g/mol. The summed E-state index contributed by atoms with van der Waals surface area (Å²) >= 11 is 3.43. The smallest absolute Gasteiger partial charge is 0.407 e. The highest BCUT2D eigenvalue weighted by atomic mass is 79.9. The standard InChI is InChI=1S/C10H12BBrO2/c12-8-9-3-1-4-10(7-9)11-13-5-2-6-14-11/h1,3-4,7H,2,5-6,8H2. The van der Waals surface area contributed by atoms with E-state index >= 15 is 0 Å². The van der Waals surface area contributed by atoms with Crippen molar-refractivity contribution in [2.24, 2.45) is 0 Å². The van der Waals surface area contributed by atoms with E-state index in [1.54, 1.807) is 0 Å². The Kier molecular flexibility index (Phi) is 3.62. The van der Waals surface area contributed by atoms with Crippen LogP contribution in [-0.4, -0.2) is 20.3 Å². The SMILES string of the molecule is BrCc1cccc(B2OCCCO2)c1. The lowest BCUT2D eigenvalue weighted by Gasteiger charge is -2.20. The predicted molar refractivity (Wildman–Crippen MR) is 61.0 cm³/mol. The van der Waals surface area contributed by atoms with Crippen LogP contribution in [0.15, 0.2) is 24.3 Å². The summed E-state index contributed by atoms with van der Waals surface area (Å²) in [6.07, 6.45) is 0.995. The molecule has 0 aromatic heterocycles. The number of alkyl halides is 1. The van der Waals surface area contributed by atoms with Gasteiger partial charge in [0.1, 0.15) is 0 Å². The van der Waals surface area contributed by atoms with Crippen LogP contribution < -0.4 is 5.46 Å². The third-order valence-corrected chi connectivity index (χ3v) is 2.85. The van der Waals surface area contributed by atoms with Gasteiger partial charge in [0.25, 0.3) is 0 Å². The Morgan fingerprint density at radius 2 is 2.07 bits per heavy atom. The van der Waals surface area contributed by atoms with E-state index in [0.29, 0.717) is 0 Å². The molecule has 1 aliphatic rings. The summed E-state index contributed by atoms with van der Waals surface area (Å²) in [6, 6.07) is 8.28. The van der Waals surface area contributed by atoms with Gasteiger partial charge in [0.2, 0.25) is 0 Å². The zero-order valence-electron chi connectivity index (χ0n) is 7.91. The van der Waals surface area contributed by atoms with Crippen LogP contribution in [0.4, 0.5) is 0 Å². The molecule has 14 heavy (non-hydrogen) atoms. The maximum Gasteiger partial charge on any atom is 0.493 e. The van der Waals surface area contributed by atoms with Crippen LogP contribution in [0.2, 0.25) is 0 Å². The number of hydrogen-bond donors (Lipinski definition) is 0. The Bertz CT molecular complexity index is 300. The average Bonchev–Trinajstić information content (AvgIpc) is 2.30. The molecule has 74 valence electrons. The van der Waals surface area contributed by atoms with Crippen LogP contribution >= 0.6 is 15.9 Å². The van der Waals surface area contributed by atoms with Gasteiger partial charge in [-0.1, -0.05) is 40.2 Å². The van der Waals surface area contributed by atoms with E-state index in [4.69, 9.17) is 9.31 Å². The topological polar surface area (TPSA) is 18.5 Å². The fraction of sp³-hybridized carbons (Fsp3) is 0.400. The van der Waals surface area contributed by atoms with E-state index in [-0.39, 0.29) is 7.12 Å². The van der Waals surface area contributed by atoms with Gasteiger partial charge in [0.15, 0.2) is 0 Å². The molecule has 0 aliphatic carbocycles. The van der Waals surface area contributed by atoms with Crippen molar-refractivity contribution in [2.75, 3.05) is 13.2 Å². The molecule has 1 fully saturated rings. The summed E-state index contributed by atoms with van der Waals surface area (Å²) in [5.74, 6) is 0. The fourth-order valence-electron chi connectivity index (χ4n) is 1.50. The molecule has 1 aromatic rings. The van der Waals surface area contributed by atoms with E-state index in [0.717, 1.165) is 30.4 Å². The average molecular weight is 255 g/mol. The summed E-state index contributed by atoms with van der Waals surface area (Å²) in [6.45, 7) is 1.59. The Morgan fingerprint density at radius 3 is 2.79 bits per heavy atom. The molecule has 0 atom stereocenters. The van der Waals surface area contributed by atoms with E-state index in [1.807, 2.05) is 12.1 Å². The van der Waals surface area contributed by atoms with E-state index in [9.17, 15) is 0 Å². The maximum absolute atomic E-state index is 5.53. The lowest BCUT2D eigenvalue weighted by Crippen LogP contribution is -2.40. The molecule has 0 amide bonds. The van der Waals surface area contributed by atoms with Gasteiger partial charge in [-0.3, -0.25) is 0 Å². The van der Waals surface area contributed by atoms with E-state index < -0.39 is 0 Å². The van der Waals surface area contributed by atoms with Crippen molar-refractivity contribution >= 4 is 28.5 Å². The molecule has 0 radical (unpaired) electrons. The third kappa shape index (κ3) is 2.38. The van der Waals surface area contributed by atoms with Gasteiger partial charge in [-0.05, 0) is 17.4 Å². The Hall–Kier alpha value is -0.315. The van der Waals surface area contributed by atoms with Crippen molar-refractivity contribution in [1.29, 1.82) is 0 Å². The van der Waals surface area contributed by atoms with Crippen molar-refractivity contribution in [3.63, 3.8) is 0 Å². The van der Waals surface area contributed by atoms with Crippen LogP contribution in [0, 0.1) is 0 Å². The molecule has 0 spiro atoms. The number of benzene rings is 1. The van der Waals surface area contributed by atoms with Crippen LogP contribution in [0.1, 0.15) is 12.0 Å². The summed E-state index contributed by atoms with van der Waals surface area (Å²) in [5.41, 5.74) is 2.36. The molecule has 1 aliphatic heterocycles. The molecule has 0 saturated carbocycles. The molecule has 2 nitrogen and oxygen atoms in total. The highest BCUT2D eigenvalue weighted by Crippen LogP contribution is 2.06. The second kappa shape index (κ2) is 4.96. The van der Waals surface area contributed by atoms with Crippen molar-refractivity contribution in [3.05, 3.63) is 29.8 Å². The van der Waals surface area contributed by atoms with Gasteiger partial charge >= 0.3 is 7.12 Å². The molecule has 0 N–H and O–H groups in total. The second-order valence-corrected chi connectivity index (χ2v) is 3.87. The van der Waals surface area contributed by atoms with E-state index in [2.05, 4.69) is 28.1 Å². The molecule has 1 aromatic carbocycles. The summed E-state index contributed by atoms with van der Waals surface area (Å²) in [4.78, 5) is 0.